The maximum Gasteiger partial charge on any atom is 0.256 e. The topological polar surface area (TPSA) is 38.3 Å². The van der Waals surface area contributed by atoms with Crippen molar-refractivity contribution in [1.29, 1.82) is 0 Å². The second-order valence-electron chi connectivity index (χ2n) is 4.38. The second kappa shape index (κ2) is 6.48. The number of anilines is 1. The number of carbonyl (C=O) groups is 1. The van der Waals surface area contributed by atoms with Crippen LogP contribution in [0, 0.1) is 6.92 Å². The molecule has 4 heteroatoms. The van der Waals surface area contributed by atoms with Crippen LogP contribution in [-0.2, 0) is 0 Å². The predicted octanol–water partition coefficient (Wildman–Crippen LogP) is 3.93. The van der Waals surface area contributed by atoms with Crippen molar-refractivity contribution in [2.24, 2.45) is 0 Å². The van der Waals surface area contributed by atoms with E-state index in [1.165, 1.54) is 0 Å². The molecule has 20 heavy (non-hydrogen) atoms. The van der Waals surface area contributed by atoms with Gasteiger partial charge < -0.3 is 10.1 Å². The molecule has 2 aromatic carbocycles. The molecule has 0 spiro atoms. The number of para-hydroxylation sites is 2. The van der Waals surface area contributed by atoms with Crippen molar-refractivity contribution in [2.75, 3.05) is 11.9 Å². The summed E-state index contributed by atoms with van der Waals surface area (Å²) in [5.74, 6) is 0.508. The Balaban J connectivity index is 2.26. The van der Waals surface area contributed by atoms with Crippen molar-refractivity contribution in [3.05, 3.63) is 53.6 Å². The standard InChI is InChI=1S/C16H17NO2S/c1-3-19-15-7-5-4-6-14(15)17-16(18)13-10-12(20)9-8-11(13)2/h4-10,20H,3H2,1-2H3,(H,17,18). The summed E-state index contributed by atoms with van der Waals surface area (Å²) in [5.41, 5.74) is 2.20. The lowest BCUT2D eigenvalue weighted by atomic mass is 10.1. The van der Waals surface area contributed by atoms with Crippen molar-refractivity contribution in [3.8, 4) is 5.75 Å². The van der Waals surface area contributed by atoms with E-state index in [0.29, 0.717) is 23.6 Å². The lowest BCUT2D eigenvalue weighted by molar-refractivity contribution is 0.102. The zero-order valence-electron chi connectivity index (χ0n) is 11.5. The van der Waals surface area contributed by atoms with Gasteiger partial charge in [-0.1, -0.05) is 18.2 Å². The first-order valence-corrected chi connectivity index (χ1v) is 6.89. The Morgan fingerprint density at radius 3 is 2.75 bits per heavy atom. The van der Waals surface area contributed by atoms with Gasteiger partial charge in [-0.2, -0.15) is 0 Å². The average Bonchev–Trinajstić information content (AvgIpc) is 2.44. The van der Waals surface area contributed by atoms with Gasteiger partial charge in [-0.15, -0.1) is 12.6 Å². The fourth-order valence-electron chi connectivity index (χ4n) is 1.90. The number of amides is 1. The third kappa shape index (κ3) is 3.33. The number of rotatable bonds is 4. The van der Waals surface area contributed by atoms with E-state index in [-0.39, 0.29) is 5.91 Å². The minimum atomic E-state index is -0.162. The van der Waals surface area contributed by atoms with E-state index in [1.54, 1.807) is 6.07 Å². The first kappa shape index (κ1) is 14.5. The highest BCUT2D eigenvalue weighted by Crippen LogP contribution is 2.25. The van der Waals surface area contributed by atoms with E-state index in [0.717, 1.165) is 10.5 Å². The number of aryl methyl sites for hydroxylation is 1. The van der Waals surface area contributed by atoms with E-state index in [2.05, 4.69) is 17.9 Å². The molecule has 2 aromatic rings. The normalized spacial score (nSPS) is 10.2. The Bertz CT molecular complexity index is 626. The molecule has 0 radical (unpaired) electrons. The fourth-order valence-corrected chi connectivity index (χ4v) is 2.10. The molecule has 3 nitrogen and oxygen atoms in total. The Hall–Kier alpha value is -1.94. The SMILES string of the molecule is CCOc1ccccc1NC(=O)c1cc(S)ccc1C. The largest absolute Gasteiger partial charge is 0.492 e. The molecular formula is C16H17NO2S. The van der Waals surface area contributed by atoms with Crippen LogP contribution in [0.3, 0.4) is 0 Å². The Kier molecular flexibility index (Phi) is 4.69. The smallest absolute Gasteiger partial charge is 0.256 e. The van der Waals surface area contributed by atoms with E-state index >= 15 is 0 Å². The van der Waals surface area contributed by atoms with Gasteiger partial charge in [-0.05, 0) is 43.7 Å². The monoisotopic (exact) mass is 287 g/mol. The highest BCUT2D eigenvalue weighted by molar-refractivity contribution is 7.80. The molecule has 0 aromatic heterocycles. The number of hydrogen-bond donors (Lipinski definition) is 2. The molecule has 0 saturated carbocycles. The number of hydrogen-bond acceptors (Lipinski definition) is 3. The molecule has 0 heterocycles. The van der Waals surface area contributed by atoms with Crippen LogP contribution in [-0.4, -0.2) is 12.5 Å². The number of ether oxygens (including phenoxy) is 1. The summed E-state index contributed by atoms with van der Waals surface area (Å²) in [6.07, 6.45) is 0. The van der Waals surface area contributed by atoms with Gasteiger partial charge in [-0.25, -0.2) is 0 Å². The van der Waals surface area contributed by atoms with Crippen molar-refractivity contribution in [2.45, 2.75) is 18.7 Å². The Labute approximate surface area is 124 Å². The summed E-state index contributed by atoms with van der Waals surface area (Å²) < 4.78 is 5.50. The summed E-state index contributed by atoms with van der Waals surface area (Å²) in [5, 5.41) is 2.88. The first-order chi connectivity index (χ1) is 9.61. The first-order valence-electron chi connectivity index (χ1n) is 6.44. The Morgan fingerprint density at radius 1 is 1.25 bits per heavy atom. The molecular weight excluding hydrogens is 270 g/mol. The minimum absolute atomic E-state index is 0.162. The number of benzene rings is 2. The second-order valence-corrected chi connectivity index (χ2v) is 4.90. The summed E-state index contributed by atoms with van der Waals surface area (Å²) in [6.45, 7) is 4.36. The van der Waals surface area contributed by atoms with Crippen LogP contribution in [0.4, 0.5) is 5.69 Å². The molecule has 0 aliphatic carbocycles. The lowest BCUT2D eigenvalue weighted by Gasteiger charge is -2.12. The van der Waals surface area contributed by atoms with Crippen LogP contribution < -0.4 is 10.1 Å². The third-order valence-corrected chi connectivity index (χ3v) is 3.18. The van der Waals surface area contributed by atoms with Crippen molar-refractivity contribution in [1.82, 2.24) is 0 Å². The van der Waals surface area contributed by atoms with Crippen LogP contribution >= 0.6 is 12.6 Å². The average molecular weight is 287 g/mol. The molecule has 0 saturated heterocycles. The molecule has 1 amide bonds. The van der Waals surface area contributed by atoms with Gasteiger partial charge in [0, 0.05) is 10.5 Å². The minimum Gasteiger partial charge on any atom is -0.492 e. The highest BCUT2D eigenvalue weighted by Gasteiger charge is 2.12. The van der Waals surface area contributed by atoms with Crippen LogP contribution in [0.15, 0.2) is 47.4 Å². The van der Waals surface area contributed by atoms with Gasteiger partial charge in [-0.3, -0.25) is 4.79 Å². The summed E-state index contributed by atoms with van der Waals surface area (Å²) in [6, 6.07) is 12.9. The predicted molar refractivity (Wildman–Crippen MR) is 84.0 cm³/mol. The third-order valence-electron chi connectivity index (χ3n) is 2.90. The van der Waals surface area contributed by atoms with E-state index < -0.39 is 0 Å². The van der Waals surface area contributed by atoms with Gasteiger partial charge in [0.1, 0.15) is 5.75 Å². The van der Waals surface area contributed by atoms with Crippen molar-refractivity contribution >= 4 is 24.2 Å². The van der Waals surface area contributed by atoms with Gasteiger partial charge in [0.2, 0.25) is 0 Å². The summed E-state index contributed by atoms with van der Waals surface area (Å²) >= 11 is 4.27. The van der Waals surface area contributed by atoms with Crippen LogP contribution in [0.2, 0.25) is 0 Å². The van der Waals surface area contributed by atoms with Crippen LogP contribution in [0.1, 0.15) is 22.8 Å². The lowest BCUT2D eigenvalue weighted by Crippen LogP contribution is -2.14. The van der Waals surface area contributed by atoms with Crippen LogP contribution in [0.25, 0.3) is 0 Å². The van der Waals surface area contributed by atoms with E-state index in [1.807, 2.05) is 50.2 Å². The summed E-state index contributed by atoms with van der Waals surface area (Å²) in [4.78, 5) is 13.1. The molecule has 0 aliphatic rings. The zero-order chi connectivity index (χ0) is 14.5. The Morgan fingerprint density at radius 2 is 2.00 bits per heavy atom. The molecule has 1 N–H and O–H groups in total. The molecule has 0 bridgehead atoms. The quantitative estimate of drug-likeness (QED) is 0.836. The zero-order valence-corrected chi connectivity index (χ0v) is 12.4. The maximum absolute atomic E-state index is 12.3. The number of nitrogens with one attached hydrogen (secondary N) is 1. The van der Waals surface area contributed by atoms with Crippen LogP contribution in [0.5, 0.6) is 5.75 Å². The number of carbonyl (C=O) groups excluding carboxylic acids is 1. The molecule has 0 fully saturated rings. The molecule has 2 rings (SSSR count). The fraction of sp³-hybridized carbons (Fsp3) is 0.188. The van der Waals surface area contributed by atoms with Gasteiger partial charge in [0.05, 0.1) is 12.3 Å². The molecule has 0 unspecified atom stereocenters. The highest BCUT2D eigenvalue weighted by atomic mass is 32.1. The maximum atomic E-state index is 12.3. The molecule has 104 valence electrons. The number of thiol groups is 1. The van der Waals surface area contributed by atoms with Gasteiger partial charge in [0.25, 0.3) is 5.91 Å². The van der Waals surface area contributed by atoms with Crippen molar-refractivity contribution in [3.63, 3.8) is 0 Å². The van der Waals surface area contributed by atoms with Gasteiger partial charge >= 0.3 is 0 Å². The van der Waals surface area contributed by atoms with E-state index in [4.69, 9.17) is 4.74 Å². The van der Waals surface area contributed by atoms with E-state index in [9.17, 15) is 4.79 Å². The van der Waals surface area contributed by atoms with Crippen molar-refractivity contribution < 1.29 is 9.53 Å². The summed E-state index contributed by atoms with van der Waals surface area (Å²) in [7, 11) is 0. The molecule has 0 atom stereocenters. The molecule has 0 aliphatic heterocycles. The van der Waals surface area contributed by atoms with Gasteiger partial charge in [0.15, 0.2) is 0 Å².